The summed E-state index contributed by atoms with van der Waals surface area (Å²) in [4.78, 5) is 14.0. The van der Waals surface area contributed by atoms with Crippen molar-refractivity contribution in [3.8, 4) is 0 Å². The summed E-state index contributed by atoms with van der Waals surface area (Å²) in [5.74, 6) is 0.498. The molecule has 128 valence electrons. The molecule has 1 unspecified atom stereocenters. The Morgan fingerprint density at radius 3 is 2.70 bits per heavy atom. The van der Waals surface area contributed by atoms with Crippen molar-refractivity contribution in [1.29, 1.82) is 0 Å². The zero-order valence-corrected chi connectivity index (χ0v) is 14.4. The van der Waals surface area contributed by atoms with Gasteiger partial charge in [0.15, 0.2) is 9.84 Å². The van der Waals surface area contributed by atoms with E-state index in [0.29, 0.717) is 19.5 Å². The van der Waals surface area contributed by atoms with Crippen molar-refractivity contribution >= 4 is 21.6 Å². The van der Waals surface area contributed by atoms with E-state index in [1.165, 1.54) is 6.92 Å². The predicted molar refractivity (Wildman–Crippen MR) is 88.8 cm³/mol. The van der Waals surface area contributed by atoms with Crippen molar-refractivity contribution in [3.63, 3.8) is 0 Å². The van der Waals surface area contributed by atoms with E-state index in [1.807, 2.05) is 12.1 Å². The van der Waals surface area contributed by atoms with Gasteiger partial charge in [-0.15, -0.1) is 5.10 Å². The fraction of sp³-hybridized carbons (Fsp3) is 0.667. The molecule has 0 bridgehead atoms. The number of likely N-dealkylation sites (tertiary alicyclic amines) is 1. The number of nitrogens with zero attached hydrogens (tertiary/aromatic N) is 3. The zero-order valence-electron chi connectivity index (χ0n) is 13.6. The van der Waals surface area contributed by atoms with Gasteiger partial charge in [-0.1, -0.05) is 6.92 Å². The number of piperidine rings is 1. The van der Waals surface area contributed by atoms with Crippen LogP contribution < -0.4 is 5.32 Å². The Bertz CT molecular complexity index is 613. The molecule has 1 fully saturated rings. The molecule has 7 nitrogen and oxygen atoms in total. The van der Waals surface area contributed by atoms with E-state index < -0.39 is 15.1 Å². The van der Waals surface area contributed by atoms with Gasteiger partial charge in [0.05, 0.1) is 5.75 Å². The normalized spacial score (nSPS) is 17.7. The lowest BCUT2D eigenvalue weighted by atomic mass is 10.0. The molecule has 2 rings (SSSR count). The minimum atomic E-state index is -3.35. The third-order valence-electron chi connectivity index (χ3n) is 4.11. The van der Waals surface area contributed by atoms with Crippen LogP contribution in [0.4, 0.5) is 5.82 Å². The Balaban J connectivity index is 1.87. The molecule has 1 aromatic heterocycles. The van der Waals surface area contributed by atoms with Gasteiger partial charge in [-0.25, -0.2) is 8.42 Å². The van der Waals surface area contributed by atoms with Crippen LogP contribution in [0.3, 0.4) is 0 Å². The SMILES string of the molecule is CCCS(=O)(=O)C(C)C(=O)N1CCC(Nc2cccnn2)CC1. The van der Waals surface area contributed by atoms with Gasteiger partial charge in [-0.05, 0) is 38.3 Å². The van der Waals surface area contributed by atoms with Gasteiger partial charge in [-0.2, -0.15) is 5.10 Å². The van der Waals surface area contributed by atoms with Crippen molar-refractivity contribution in [1.82, 2.24) is 15.1 Å². The van der Waals surface area contributed by atoms with Crippen molar-refractivity contribution in [2.45, 2.75) is 44.4 Å². The summed E-state index contributed by atoms with van der Waals surface area (Å²) in [7, 11) is -3.35. The molecule has 1 amide bonds. The lowest BCUT2D eigenvalue weighted by molar-refractivity contribution is -0.131. The Hall–Kier alpha value is -1.70. The second-order valence-electron chi connectivity index (χ2n) is 5.86. The number of anilines is 1. The number of sulfone groups is 1. The minimum absolute atomic E-state index is 0.0601. The number of nitrogens with one attached hydrogen (secondary N) is 1. The molecule has 1 atom stereocenters. The van der Waals surface area contributed by atoms with Gasteiger partial charge >= 0.3 is 0 Å². The summed E-state index contributed by atoms with van der Waals surface area (Å²) >= 11 is 0. The maximum Gasteiger partial charge on any atom is 0.240 e. The summed E-state index contributed by atoms with van der Waals surface area (Å²) in [6, 6.07) is 3.89. The van der Waals surface area contributed by atoms with E-state index in [9.17, 15) is 13.2 Å². The molecular formula is C15H24N4O3S. The molecule has 8 heteroatoms. The Morgan fingerprint density at radius 2 is 2.13 bits per heavy atom. The number of rotatable bonds is 6. The summed E-state index contributed by atoms with van der Waals surface area (Å²) in [5.41, 5.74) is 0. The number of aromatic nitrogens is 2. The monoisotopic (exact) mass is 340 g/mol. The third-order valence-corrected chi connectivity index (χ3v) is 6.36. The van der Waals surface area contributed by atoms with Crippen molar-refractivity contribution in [2.75, 3.05) is 24.2 Å². The van der Waals surface area contributed by atoms with E-state index >= 15 is 0 Å². The zero-order chi connectivity index (χ0) is 16.9. The van der Waals surface area contributed by atoms with Crippen LogP contribution in [-0.2, 0) is 14.6 Å². The van der Waals surface area contributed by atoms with Crippen LogP contribution in [0.2, 0.25) is 0 Å². The molecule has 2 heterocycles. The second-order valence-corrected chi connectivity index (χ2v) is 8.30. The van der Waals surface area contributed by atoms with E-state index in [0.717, 1.165) is 18.7 Å². The van der Waals surface area contributed by atoms with Gasteiger partial charge in [0.2, 0.25) is 5.91 Å². The summed E-state index contributed by atoms with van der Waals surface area (Å²) in [5, 5.41) is 10.1. The lowest BCUT2D eigenvalue weighted by Gasteiger charge is -2.33. The molecule has 1 N–H and O–H groups in total. The van der Waals surface area contributed by atoms with Crippen LogP contribution >= 0.6 is 0 Å². The fourth-order valence-corrected chi connectivity index (χ4v) is 4.08. The number of amides is 1. The Labute approximate surface area is 137 Å². The highest BCUT2D eigenvalue weighted by Crippen LogP contribution is 2.17. The molecule has 1 aromatic rings. The molecule has 0 spiro atoms. The highest BCUT2D eigenvalue weighted by molar-refractivity contribution is 7.92. The standard InChI is InChI=1S/C15H24N4O3S/c1-3-11-23(21,22)12(2)15(20)19-9-6-13(7-10-19)17-14-5-4-8-16-18-14/h4-5,8,12-13H,3,6-7,9-11H2,1-2H3,(H,17,18). The van der Waals surface area contributed by atoms with Crippen molar-refractivity contribution in [2.24, 2.45) is 0 Å². The maximum absolute atomic E-state index is 12.4. The van der Waals surface area contributed by atoms with Gasteiger partial charge in [-0.3, -0.25) is 4.79 Å². The van der Waals surface area contributed by atoms with Gasteiger partial charge in [0.1, 0.15) is 11.1 Å². The highest BCUT2D eigenvalue weighted by atomic mass is 32.2. The lowest BCUT2D eigenvalue weighted by Crippen LogP contribution is -2.48. The third kappa shape index (κ3) is 4.63. The van der Waals surface area contributed by atoms with Crippen LogP contribution in [0.1, 0.15) is 33.1 Å². The first-order chi connectivity index (χ1) is 10.9. The van der Waals surface area contributed by atoms with E-state index in [4.69, 9.17) is 0 Å². The molecular weight excluding hydrogens is 316 g/mol. The van der Waals surface area contributed by atoms with E-state index in [2.05, 4.69) is 15.5 Å². The predicted octanol–water partition coefficient (Wildman–Crippen LogP) is 1.09. The largest absolute Gasteiger partial charge is 0.366 e. The number of carbonyl (C=O) groups excluding carboxylic acids is 1. The molecule has 23 heavy (non-hydrogen) atoms. The highest BCUT2D eigenvalue weighted by Gasteiger charge is 2.32. The quantitative estimate of drug-likeness (QED) is 0.833. The van der Waals surface area contributed by atoms with E-state index in [-0.39, 0.29) is 17.7 Å². The van der Waals surface area contributed by atoms with Crippen LogP contribution in [-0.4, -0.2) is 59.6 Å². The average Bonchev–Trinajstić information content (AvgIpc) is 2.55. The maximum atomic E-state index is 12.4. The Morgan fingerprint density at radius 1 is 1.43 bits per heavy atom. The Kier molecular flexibility index (Phi) is 5.92. The molecule has 1 saturated heterocycles. The first-order valence-corrected chi connectivity index (χ1v) is 9.70. The smallest absolute Gasteiger partial charge is 0.240 e. The van der Waals surface area contributed by atoms with Crippen LogP contribution in [0.15, 0.2) is 18.3 Å². The summed E-state index contributed by atoms with van der Waals surface area (Å²) < 4.78 is 24.1. The summed E-state index contributed by atoms with van der Waals surface area (Å²) in [6.45, 7) is 4.42. The van der Waals surface area contributed by atoms with E-state index in [1.54, 1.807) is 18.0 Å². The number of hydrogen-bond acceptors (Lipinski definition) is 6. The topological polar surface area (TPSA) is 92.3 Å². The van der Waals surface area contributed by atoms with Crippen LogP contribution in [0, 0.1) is 0 Å². The number of hydrogen-bond donors (Lipinski definition) is 1. The molecule has 1 aliphatic heterocycles. The minimum Gasteiger partial charge on any atom is -0.366 e. The van der Waals surface area contributed by atoms with Gasteiger partial charge < -0.3 is 10.2 Å². The van der Waals surface area contributed by atoms with Crippen LogP contribution in [0.25, 0.3) is 0 Å². The molecule has 0 saturated carbocycles. The average molecular weight is 340 g/mol. The second kappa shape index (κ2) is 7.72. The first kappa shape index (κ1) is 17.7. The van der Waals surface area contributed by atoms with Gasteiger partial charge in [0, 0.05) is 25.3 Å². The van der Waals surface area contributed by atoms with Crippen molar-refractivity contribution < 1.29 is 13.2 Å². The van der Waals surface area contributed by atoms with Crippen LogP contribution in [0.5, 0.6) is 0 Å². The fourth-order valence-electron chi connectivity index (χ4n) is 2.70. The first-order valence-electron chi connectivity index (χ1n) is 7.98. The number of carbonyl (C=O) groups is 1. The molecule has 0 radical (unpaired) electrons. The van der Waals surface area contributed by atoms with Gasteiger partial charge in [0.25, 0.3) is 0 Å². The summed E-state index contributed by atoms with van der Waals surface area (Å²) in [6.07, 6.45) is 3.68. The molecule has 0 aliphatic carbocycles. The van der Waals surface area contributed by atoms with Crippen molar-refractivity contribution in [3.05, 3.63) is 18.3 Å². The molecule has 1 aliphatic rings. The molecule has 0 aromatic carbocycles.